The lowest BCUT2D eigenvalue weighted by atomic mass is 10.2. The zero-order chi connectivity index (χ0) is 20.3. The smallest absolute Gasteiger partial charge is 0.315 e. The number of nitro groups is 1. The molecule has 2 N–H and O–H groups in total. The number of hydrazone groups is 1. The number of nitro benzene ring substituents is 1. The molecule has 0 aliphatic carbocycles. The fraction of sp³-hybridized carbons (Fsp3) is 0.133. The summed E-state index contributed by atoms with van der Waals surface area (Å²) in [6.45, 7) is 1.62. The summed E-state index contributed by atoms with van der Waals surface area (Å²) < 4.78 is 71.2. The Morgan fingerprint density at radius 2 is 1.70 bits per heavy atom. The molecule has 0 spiro atoms. The molecule has 0 heterocycles. The number of nitrogens with one attached hydrogen (secondary N) is 1. The van der Waals surface area contributed by atoms with E-state index in [0.29, 0.717) is 0 Å². The van der Waals surface area contributed by atoms with Crippen molar-refractivity contribution in [1.29, 1.82) is 0 Å². The maximum Gasteiger partial charge on any atom is 0.315 e. The molecule has 0 atom stereocenters. The van der Waals surface area contributed by atoms with Gasteiger partial charge in [0.25, 0.3) is 0 Å². The van der Waals surface area contributed by atoms with Crippen LogP contribution in [0.3, 0.4) is 0 Å². The van der Waals surface area contributed by atoms with Crippen LogP contribution < -0.4 is 10.2 Å². The summed E-state index contributed by atoms with van der Waals surface area (Å²) >= 11 is 0. The van der Waals surface area contributed by atoms with Gasteiger partial charge in [0.2, 0.25) is 11.6 Å². The van der Waals surface area contributed by atoms with Crippen LogP contribution in [0.1, 0.15) is 12.5 Å². The van der Waals surface area contributed by atoms with Crippen LogP contribution in [0.25, 0.3) is 0 Å². The lowest BCUT2D eigenvalue weighted by Gasteiger charge is -2.08. The molecule has 2 aromatic rings. The lowest BCUT2D eigenvalue weighted by molar-refractivity contribution is -0.386. The summed E-state index contributed by atoms with van der Waals surface area (Å²) in [5.41, 5.74) is -0.542. The molecule has 0 aliphatic rings. The maximum absolute atomic E-state index is 13.5. The first-order chi connectivity index (χ1) is 12.7. The van der Waals surface area contributed by atoms with Crippen LogP contribution in [0.15, 0.2) is 17.2 Å². The van der Waals surface area contributed by atoms with Crippen LogP contribution in [0.5, 0.6) is 11.5 Å². The second-order valence-electron chi connectivity index (χ2n) is 4.89. The van der Waals surface area contributed by atoms with Gasteiger partial charge in [0.05, 0.1) is 17.7 Å². The molecule has 144 valence electrons. The van der Waals surface area contributed by atoms with Gasteiger partial charge in [-0.15, -0.1) is 0 Å². The summed E-state index contributed by atoms with van der Waals surface area (Å²) in [5, 5.41) is 24.0. The Labute approximate surface area is 147 Å². The van der Waals surface area contributed by atoms with Crippen molar-refractivity contribution in [3.05, 3.63) is 56.9 Å². The normalized spacial score (nSPS) is 11.0. The van der Waals surface area contributed by atoms with Crippen molar-refractivity contribution in [3.63, 3.8) is 0 Å². The summed E-state index contributed by atoms with van der Waals surface area (Å²) in [7, 11) is 0. The van der Waals surface area contributed by atoms with Gasteiger partial charge in [-0.1, -0.05) is 0 Å². The van der Waals surface area contributed by atoms with Crippen molar-refractivity contribution >= 4 is 17.6 Å². The van der Waals surface area contributed by atoms with E-state index in [9.17, 15) is 37.2 Å². The minimum atomic E-state index is -2.32. The van der Waals surface area contributed by atoms with Crippen molar-refractivity contribution in [3.8, 4) is 11.5 Å². The Hall–Kier alpha value is -3.44. The second kappa shape index (κ2) is 7.85. The summed E-state index contributed by atoms with van der Waals surface area (Å²) in [5.74, 6) is -11.9. The third kappa shape index (κ3) is 3.88. The molecule has 0 saturated heterocycles. The number of rotatable bonds is 6. The van der Waals surface area contributed by atoms with Crippen LogP contribution in [-0.4, -0.2) is 22.9 Å². The van der Waals surface area contributed by atoms with E-state index in [1.54, 1.807) is 12.3 Å². The average Bonchev–Trinajstić information content (AvgIpc) is 2.63. The second-order valence-corrected chi connectivity index (χ2v) is 4.89. The number of hydrogen-bond donors (Lipinski definition) is 2. The molecule has 0 bridgehead atoms. The van der Waals surface area contributed by atoms with Crippen LogP contribution in [0.4, 0.5) is 33.3 Å². The Morgan fingerprint density at radius 3 is 2.22 bits per heavy atom. The maximum atomic E-state index is 13.5. The van der Waals surface area contributed by atoms with Gasteiger partial charge in [0, 0.05) is 11.6 Å². The molecule has 0 aliphatic heterocycles. The minimum absolute atomic E-state index is 0.0562. The van der Waals surface area contributed by atoms with Crippen molar-refractivity contribution in [1.82, 2.24) is 0 Å². The van der Waals surface area contributed by atoms with Crippen molar-refractivity contribution < 1.29 is 36.7 Å². The lowest BCUT2D eigenvalue weighted by Crippen LogP contribution is -2.06. The highest BCUT2D eigenvalue weighted by atomic mass is 19.2. The third-order valence-electron chi connectivity index (χ3n) is 3.17. The van der Waals surface area contributed by atoms with Crippen molar-refractivity contribution in [2.24, 2.45) is 5.10 Å². The molecule has 0 aromatic heterocycles. The molecular formula is C15H10F5N3O4. The van der Waals surface area contributed by atoms with E-state index >= 15 is 0 Å². The van der Waals surface area contributed by atoms with Gasteiger partial charge in [-0.3, -0.25) is 15.5 Å². The van der Waals surface area contributed by atoms with Gasteiger partial charge >= 0.3 is 5.69 Å². The Bertz CT molecular complexity index is 907. The number of phenolic OH excluding ortho intramolecular Hbond substituents is 1. The SMILES string of the molecule is CCOc1cc(C=NNc2c(F)c(F)c(F)c(F)c2F)cc([N+](=O)[O-])c1O. The number of phenols is 1. The first-order valence-corrected chi connectivity index (χ1v) is 7.13. The summed E-state index contributed by atoms with van der Waals surface area (Å²) in [6.07, 6.45) is 0.799. The zero-order valence-corrected chi connectivity index (χ0v) is 13.4. The van der Waals surface area contributed by atoms with Gasteiger partial charge in [0.1, 0.15) is 5.69 Å². The highest BCUT2D eigenvalue weighted by molar-refractivity contribution is 5.83. The molecule has 0 radical (unpaired) electrons. The molecule has 0 unspecified atom stereocenters. The highest BCUT2D eigenvalue weighted by Gasteiger charge is 2.25. The minimum Gasteiger partial charge on any atom is -0.500 e. The van der Waals surface area contributed by atoms with E-state index in [2.05, 4.69) is 5.10 Å². The van der Waals surface area contributed by atoms with Gasteiger partial charge < -0.3 is 9.84 Å². The topological polar surface area (TPSA) is 97.0 Å². The van der Waals surface area contributed by atoms with E-state index in [-0.39, 0.29) is 17.9 Å². The van der Waals surface area contributed by atoms with Gasteiger partial charge in [0.15, 0.2) is 29.0 Å². The average molecular weight is 391 g/mol. The number of halogens is 5. The third-order valence-corrected chi connectivity index (χ3v) is 3.17. The van der Waals surface area contributed by atoms with Gasteiger partial charge in [-0.2, -0.15) is 5.10 Å². The fourth-order valence-electron chi connectivity index (χ4n) is 1.97. The van der Waals surface area contributed by atoms with Crippen LogP contribution in [0, 0.1) is 39.2 Å². The predicted octanol–water partition coefficient (Wildman–Crippen LogP) is 3.84. The molecular weight excluding hydrogens is 381 g/mol. The number of anilines is 1. The quantitative estimate of drug-likeness (QED) is 0.195. The number of hydrogen-bond acceptors (Lipinski definition) is 6. The number of ether oxygens (including phenoxy) is 1. The molecule has 0 fully saturated rings. The molecule has 0 amide bonds. The van der Waals surface area contributed by atoms with E-state index in [4.69, 9.17) is 4.74 Å². The van der Waals surface area contributed by atoms with E-state index < -0.39 is 51.1 Å². The Morgan fingerprint density at radius 1 is 1.15 bits per heavy atom. The van der Waals surface area contributed by atoms with Gasteiger partial charge in [-0.05, 0) is 13.0 Å². The Kier molecular flexibility index (Phi) is 5.78. The van der Waals surface area contributed by atoms with E-state index in [1.165, 1.54) is 0 Å². The first-order valence-electron chi connectivity index (χ1n) is 7.13. The standard InChI is InChI=1S/C15H10F5N3O4/c1-2-27-8-4-6(3-7(15(8)24)23(25)26)5-21-22-14-12(19)10(17)9(16)11(18)13(14)20/h3-5,22,24H,2H2,1H3. The molecule has 0 saturated carbocycles. The predicted molar refractivity (Wildman–Crippen MR) is 83.4 cm³/mol. The molecule has 2 aromatic carbocycles. The van der Waals surface area contributed by atoms with E-state index in [0.717, 1.165) is 18.3 Å². The van der Waals surface area contributed by atoms with E-state index in [1.807, 2.05) is 0 Å². The summed E-state index contributed by atoms with van der Waals surface area (Å²) in [6, 6.07) is 1.98. The van der Waals surface area contributed by atoms with Gasteiger partial charge in [-0.25, -0.2) is 22.0 Å². The molecule has 7 nitrogen and oxygen atoms in total. The van der Waals surface area contributed by atoms with Crippen LogP contribution in [0.2, 0.25) is 0 Å². The zero-order valence-electron chi connectivity index (χ0n) is 13.4. The van der Waals surface area contributed by atoms with Crippen LogP contribution in [-0.2, 0) is 0 Å². The number of aromatic hydroxyl groups is 1. The number of nitrogens with zero attached hydrogens (tertiary/aromatic N) is 2. The largest absolute Gasteiger partial charge is 0.500 e. The first kappa shape index (κ1) is 19.9. The van der Waals surface area contributed by atoms with Crippen molar-refractivity contribution in [2.75, 3.05) is 12.0 Å². The molecule has 27 heavy (non-hydrogen) atoms. The van der Waals surface area contributed by atoms with Crippen molar-refractivity contribution in [2.45, 2.75) is 6.92 Å². The molecule has 2 rings (SSSR count). The van der Waals surface area contributed by atoms with Crippen LogP contribution >= 0.6 is 0 Å². The number of benzene rings is 2. The molecule has 12 heteroatoms. The Balaban J connectivity index is 2.39. The fourth-order valence-corrected chi connectivity index (χ4v) is 1.97. The monoisotopic (exact) mass is 391 g/mol. The highest BCUT2D eigenvalue weighted by Crippen LogP contribution is 2.36. The summed E-state index contributed by atoms with van der Waals surface area (Å²) in [4.78, 5) is 10.0.